The predicted molar refractivity (Wildman–Crippen MR) is 81.6 cm³/mol. The van der Waals surface area contributed by atoms with E-state index in [-0.39, 0.29) is 0 Å². The van der Waals surface area contributed by atoms with Crippen molar-refractivity contribution in [2.24, 2.45) is 0 Å². The predicted octanol–water partition coefficient (Wildman–Crippen LogP) is 3.97. The summed E-state index contributed by atoms with van der Waals surface area (Å²) in [4.78, 5) is 7.57. The van der Waals surface area contributed by atoms with E-state index in [2.05, 4.69) is 37.3 Å². The van der Waals surface area contributed by atoms with Crippen LogP contribution in [0, 0.1) is 6.92 Å². The third kappa shape index (κ3) is 3.12. The number of aryl methyl sites for hydroxylation is 1. The van der Waals surface area contributed by atoms with Gasteiger partial charge in [-0.1, -0.05) is 11.3 Å². The van der Waals surface area contributed by atoms with E-state index in [1.54, 1.807) is 29.6 Å². The molecule has 0 radical (unpaired) electrons. The Bertz CT molecular complexity index is 536. The molecule has 2 aromatic rings. The van der Waals surface area contributed by atoms with Gasteiger partial charge in [0.1, 0.15) is 0 Å². The lowest BCUT2D eigenvalue weighted by Crippen LogP contribution is -2.15. The Balaban J connectivity index is 2.13. The maximum atomic E-state index is 9.64. The Morgan fingerprint density at radius 1 is 1.56 bits per heavy atom. The summed E-state index contributed by atoms with van der Waals surface area (Å²) in [6, 6.07) is 2.12. The highest BCUT2D eigenvalue weighted by molar-refractivity contribution is 9.11. The molecule has 2 aromatic heterocycles. The highest BCUT2D eigenvalue weighted by atomic mass is 79.9. The lowest BCUT2D eigenvalue weighted by atomic mass is 10.3. The molecule has 1 unspecified atom stereocenters. The van der Waals surface area contributed by atoms with Crippen LogP contribution in [0.4, 0.5) is 5.13 Å². The van der Waals surface area contributed by atoms with Crippen molar-refractivity contribution < 1.29 is 5.11 Å². The van der Waals surface area contributed by atoms with Gasteiger partial charge in [0.2, 0.25) is 0 Å². The minimum Gasteiger partial charge on any atom is -0.388 e. The number of thiophene rings is 1. The van der Waals surface area contributed by atoms with Gasteiger partial charge in [-0.05, 0) is 46.8 Å². The van der Waals surface area contributed by atoms with Crippen LogP contribution in [-0.4, -0.2) is 17.1 Å². The van der Waals surface area contributed by atoms with Gasteiger partial charge >= 0.3 is 0 Å². The number of aliphatic hydroxyl groups excluding tert-OH is 1. The zero-order chi connectivity index (χ0) is 13.3. The molecule has 0 aromatic carbocycles. The van der Waals surface area contributed by atoms with E-state index in [9.17, 15) is 5.11 Å². The van der Waals surface area contributed by atoms with Crippen LogP contribution in [-0.2, 0) is 6.54 Å². The van der Waals surface area contributed by atoms with Crippen molar-refractivity contribution in [3.63, 3.8) is 0 Å². The quantitative estimate of drug-likeness (QED) is 0.909. The van der Waals surface area contributed by atoms with Crippen molar-refractivity contribution in [2.45, 2.75) is 26.5 Å². The molecule has 0 amide bonds. The van der Waals surface area contributed by atoms with Crippen LogP contribution < -0.4 is 4.90 Å². The van der Waals surface area contributed by atoms with Crippen molar-refractivity contribution in [2.75, 3.05) is 11.9 Å². The molecule has 0 aliphatic heterocycles. The molecule has 0 aliphatic rings. The van der Waals surface area contributed by atoms with E-state index in [1.807, 2.05) is 14.0 Å². The fourth-order valence-corrected chi connectivity index (χ4v) is 3.88. The number of thiazole rings is 1. The average Bonchev–Trinajstić information content (AvgIpc) is 2.85. The molecule has 6 heteroatoms. The van der Waals surface area contributed by atoms with Gasteiger partial charge in [-0.3, -0.25) is 0 Å². The molecule has 3 nitrogen and oxygen atoms in total. The molecule has 0 saturated carbocycles. The standard InChI is InChI=1S/C12H15BrN2OS2/c1-7-11(8(2)16)18-12(14-7)15(3)5-9-4-10(13)17-6-9/h4,6,8,16H,5H2,1-3H3. The average molecular weight is 347 g/mol. The molecular weight excluding hydrogens is 332 g/mol. The van der Waals surface area contributed by atoms with Crippen molar-refractivity contribution >= 4 is 43.7 Å². The lowest BCUT2D eigenvalue weighted by Gasteiger charge is -2.14. The summed E-state index contributed by atoms with van der Waals surface area (Å²) in [5, 5.41) is 12.7. The van der Waals surface area contributed by atoms with E-state index >= 15 is 0 Å². The molecule has 2 rings (SSSR count). The van der Waals surface area contributed by atoms with E-state index in [0.717, 1.165) is 26.0 Å². The first-order valence-corrected chi connectivity index (χ1v) is 8.05. The number of rotatable bonds is 4. The van der Waals surface area contributed by atoms with E-state index < -0.39 is 6.10 Å². The molecule has 1 N–H and O–H groups in total. The second-order valence-corrected chi connectivity index (χ2v) is 7.54. The Hall–Kier alpha value is -0.430. The minimum atomic E-state index is -0.444. The van der Waals surface area contributed by atoms with Crippen LogP contribution in [0.2, 0.25) is 0 Å². The zero-order valence-corrected chi connectivity index (χ0v) is 13.7. The first-order chi connectivity index (χ1) is 8.47. The Labute approximate surface area is 123 Å². The SMILES string of the molecule is Cc1nc(N(C)Cc2csc(Br)c2)sc1C(C)O. The summed E-state index contributed by atoms with van der Waals surface area (Å²) in [5.41, 5.74) is 2.18. The molecule has 1 atom stereocenters. The number of hydrogen-bond donors (Lipinski definition) is 1. The molecule has 0 bridgehead atoms. The fourth-order valence-electron chi connectivity index (χ4n) is 1.71. The Morgan fingerprint density at radius 3 is 2.78 bits per heavy atom. The fraction of sp³-hybridized carbons (Fsp3) is 0.417. The number of halogens is 1. The molecule has 18 heavy (non-hydrogen) atoms. The molecule has 0 saturated heterocycles. The lowest BCUT2D eigenvalue weighted by molar-refractivity contribution is 0.202. The highest BCUT2D eigenvalue weighted by Gasteiger charge is 2.15. The van der Waals surface area contributed by atoms with Crippen LogP contribution in [0.1, 0.15) is 29.2 Å². The second-order valence-electron chi connectivity index (χ2n) is 4.24. The summed E-state index contributed by atoms with van der Waals surface area (Å²) in [6.45, 7) is 4.55. The summed E-state index contributed by atoms with van der Waals surface area (Å²) in [6.07, 6.45) is -0.444. The Kier molecular flexibility index (Phi) is 4.42. The maximum absolute atomic E-state index is 9.64. The molecular formula is C12H15BrN2OS2. The molecule has 0 spiro atoms. The zero-order valence-electron chi connectivity index (χ0n) is 10.5. The molecule has 0 aliphatic carbocycles. The van der Waals surface area contributed by atoms with Crippen molar-refractivity contribution in [3.8, 4) is 0 Å². The normalized spacial score (nSPS) is 12.7. The van der Waals surface area contributed by atoms with Gasteiger partial charge in [0, 0.05) is 13.6 Å². The van der Waals surface area contributed by atoms with Gasteiger partial charge in [-0.15, -0.1) is 11.3 Å². The van der Waals surface area contributed by atoms with Gasteiger partial charge in [-0.25, -0.2) is 4.98 Å². The molecule has 0 fully saturated rings. The third-order valence-electron chi connectivity index (χ3n) is 2.57. The maximum Gasteiger partial charge on any atom is 0.185 e. The van der Waals surface area contributed by atoms with Crippen LogP contribution in [0.3, 0.4) is 0 Å². The summed E-state index contributed by atoms with van der Waals surface area (Å²) in [7, 11) is 2.02. The van der Waals surface area contributed by atoms with Crippen molar-refractivity contribution in [3.05, 3.63) is 31.4 Å². The van der Waals surface area contributed by atoms with E-state index in [4.69, 9.17) is 0 Å². The van der Waals surface area contributed by atoms with E-state index in [0.29, 0.717) is 0 Å². The van der Waals surface area contributed by atoms with Gasteiger partial charge in [0.05, 0.1) is 20.5 Å². The first-order valence-electron chi connectivity index (χ1n) is 5.57. The van der Waals surface area contributed by atoms with Gasteiger partial charge < -0.3 is 10.0 Å². The van der Waals surface area contributed by atoms with Crippen LogP contribution in [0.5, 0.6) is 0 Å². The molecule has 98 valence electrons. The Morgan fingerprint density at radius 2 is 2.28 bits per heavy atom. The second kappa shape index (κ2) is 5.69. The first kappa shape index (κ1) is 14.0. The van der Waals surface area contributed by atoms with Crippen molar-refractivity contribution in [1.29, 1.82) is 0 Å². The summed E-state index contributed by atoms with van der Waals surface area (Å²) in [5.74, 6) is 0. The highest BCUT2D eigenvalue weighted by Crippen LogP contribution is 2.31. The van der Waals surface area contributed by atoms with Gasteiger partial charge in [-0.2, -0.15) is 0 Å². The van der Waals surface area contributed by atoms with Crippen LogP contribution >= 0.6 is 38.6 Å². The number of nitrogens with zero attached hydrogens (tertiary/aromatic N) is 2. The van der Waals surface area contributed by atoms with Gasteiger partial charge in [0.25, 0.3) is 0 Å². The minimum absolute atomic E-state index is 0.444. The summed E-state index contributed by atoms with van der Waals surface area (Å²) < 4.78 is 1.14. The van der Waals surface area contributed by atoms with E-state index in [1.165, 1.54) is 5.56 Å². The van der Waals surface area contributed by atoms with Crippen LogP contribution in [0.15, 0.2) is 15.2 Å². The molecule has 2 heterocycles. The number of hydrogen-bond acceptors (Lipinski definition) is 5. The third-order valence-corrected chi connectivity index (χ3v) is 5.56. The van der Waals surface area contributed by atoms with Crippen LogP contribution in [0.25, 0.3) is 0 Å². The topological polar surface area (TPSA) is 36.4 Å². The monoisotopic (exact) mass is 346 g/mol. The smallest absolute Gasteiger partial charge is 0.185 e. The number of aliphatic hydroxyl groups is 1. The number of anilines is 1. The largest absolute Gasteiger partial charge is 0.388 e. The number of aromatic nitrogens is 1. The van der Waals surface area contributed by atoms with Crippen molar-refractivity contribution in [1.82, 2.24) is 4.98 Å². The van der Waals surface area contributed by atoms with Gasteiger partial charge in [0.15, 0.2) is 5.13 Å². The summed E-state index contributed by atoms with van der Waals surface area (Å²) >= 11 is 6.71.